The van der Waals surface area contributed by atoms with E-state index in [-0.39, 0.29) is 88.9 Å². The molecule has 0 aromatic heterocycles. The third-order valence-electron chi connectivity index (χ3n) is 3.43. The molecule has 2 radical (unpaired) electrons. The van der Waals surface area contributed by atoms with Crippen molar-refractivity contribution in [3.8, 4) is 11.5 Å². The summed E-state index contributed by atoms with van der Waals surface area (Å²) >= 11 is 1.14. The standard InChI is InChI=1S/C18H15N3O6S.2Cu.5H2O/c1-28-18(19-8-10-4-2-6-12(14(10)22)16(24)25)21-20-9-11-5-3-7-13(15(11)23)17(26)27;;;;;;;/h2-9,22-23H,1H3,(H,24,25)(H,26,27);;;5*1H2. The summed E-state index contributed by atoms with van der Waals surface area (Å²) in [5, 5.41) is 45.6. The minimum Gasteiger partial charge on any atom is -0.506 e. The van der Waals surface area contributed by atoms with Gasteiger partial charge in [0, 0.05) is 51.5 Å². The Bertz CT molecular complexity index is 1020. The molecule has 0 aliphatic heterocycles. The molecule has 0 atom stereocenters. The number of carbonyl (C=O) groups is 2. The van der Waals surface area contributed by atoms with Crippen LogP contribution in [-0.2, 0) is 34.1 Å². The molecule has 0 saturated heterocycles. The molecule has 14 nitrogen and oxygen atoms in total. The minimum absolute atomic E-state index is 0. The zero-order valence-corrected chi connectivity index (χ0v) is 20.3. The summed E-state index contributed by atoms with van der Waals surface area (Å²) in [6, 6.07) is 8.41. The second-order valence-electron chi connectivity index (χ2n) is 5.19. The van der Waals surface area contributed by atoms with E-state index >= 15 is 0 Å². The fraction of sp³-hybridized carbons (Fsp3) is 0.0556. The molecular formula is C18H25Cu2N3O11S. The molecule has 0 unspecified atom stereocenters. The van der Waals surface area contributed by atoms with Gasteiger partial charge in [-0.1, -0.05) is 23.9 Å². The molecule has 0 spiro atoms. The SMILES string of the molecule is CSC(N=Cc1cccc(C(=O)O)c1O)=NN=Cc1cccc(C(=O)O)c1O.O.O.O.O.O.[Cu].[Cu]. The van der Waals surface area contributed by atoms with Crippen LogP contribution in [0.25, 0.3) is 0 Å². The van der Waals surface area contributed by atoms with Crippen LogP contribution in [0.2, 0.25) is 0 Å². The Labute approximate surface area is 224 Å². The van der Waals surface area contributed by atoms with Crippen LogP contribution in [-0.4, -0.2) is 83.6 Å². The van der Waals surface area contributed by atoms with Gasteiger partial charge in [0.25, 0.3) is 0 Å². The Morgan fingerprint density at radius 1 is 0.771 bits per heavy atom. The molecule has 0 fully saturated rings. The first-order valence-electron chi connectivity index (χ1n) is 7.64. The second-order valence-corrected chi connectivity index (χ2v) is 5.96. The van der Waals surface area contributed by atoms with Crippen LogP contribution < -0.4 is 0 Å². The van der Waals surface area contributed by atoms with Crippen LogP contribution >= 0.6 is 11.8 Å². The molecule has 35 heavy (non-hydrogen) atoms. The van der Waals surface area contributed by atoms with E-state index in [0.29, 0.717) is 0 Å². The quantitative estimate of drug-likeness (QED) is 0.133. The molecule has 206 valence electrons. The number of hydrogen-bond acceptors (Lipinski definition) is 7. The molecule has 17 heteroatoms. The second kappa shape index (κ2) is 21.7. The Hall–Kier alpha value is -2.82. The maximum Gasteiger partial charge on any atom is 0.339 e. The van der Waals surface area contributed by atoms with Crippen molar-refractivity contribution in [2.24, 2.45) is 15.2 Å². The van der Waals surface area contributed by atoms with Crippen molar-refractivity contribution in [2.45, 2.75) is 0 Å². The van der Waals surface area contributed by atoms with E-state index < -0.39 is 23.4 Å². The summed E-state index contributed by atoms with van der Waals surface area (Å²) in [4.78, 5) is 26.1. The number of benzene rings is 2. The van der Waals surface area contributed by atoms with Crippen LogP contribution in [0.4, 0.5) is 0 Å². The summed E-state index contributed by atoms with van der Waals surface area (Å²) < 4.78 is 0. The normalized spacial score (nSPS) is 9.57. The predicted molar refractivity (Wildman–Crippen MR) is 124 cm³/mol. The zero-order valence-electron chi connectivity index (χ0n) is 17.6. The van der Waals surface area contributed by atoms with Gasteiger partial charge in [0.1, 0.15) is 22.6 Å². The molecule has 0 saturated carbocycles. The average molecular weight is 619 g/mol. The van der Waals surface area contributed by atoms with Gasteiger partial charge in [-0.15, -0.1) is 5.10 Å². The van der Waals surface area contributed by atoms with Crippen molar-refractivity contribution in [3.05, 3.63) is 58.7 Å². The van der Waals surface area contributed by atoms with E-state index in [2.05, 4.69) is 15.2 Å². The first-order valence-corrected chi connectivity index (χ1v) is 8.87. The Kier molecular flexibility index (Phi) is 28.3. The molecule has 0 bridgehead atoms. The minimum atomic E-state index is -1.27. The third-order valence-corrected chi connectivity index (χ3v) is 3.98. The molecule has 0 heterocycles. The van der Waals surface area contributed by atoms with Crippen molar-refractivity contribution >= 4 is 41.3 Å². The Morgan fingerprint density at radius 3 is 1.54 bits per heavy atom. The number of rotatable bonds is 5. The molecule has 14 N–H and O–H groups in total. The van der Waals surface area contributed by atoms with E-state index in [4.69, 9.17) is 10.2 Å². The van der Waals surface area contributed by atoms with Gasteiger partial charge in [0.15, 0.2) is 0 Å². The number of nitrogens with zero attached hydrogens (tertiary/aromatic N) is 3. The largest absolute Gasteiger partial charge is 0.506 e. The predicted octanol–water partition coefficient (Wildman–Crippen LogP) is -1.46. The molecule has 0 aliphatic carbocycles. The number of carboxylic acids is 2. The van der Waals surface area contributed by atoms with E-state index in [9.17, 15) is 19.8 Å². The monoisotopic (exact) mass is 617 g/mol. The van der Waals surface area contributed by atoms with E-state index in [1.54, 1.807) is 6.26 Å². The van der Waals surface area contributed by atoms with Crippen molar-refractivity contribution < 1.29 is 91.5 Å². The summed E-state index contributed by atoms with van der Waals surface area (Å²) in [5.41, 5.74) is -0.152. The van der Waals surface area contributed by atoms with E-state index in [1.807, 2.05) is 0 Å². The van der Waals surface area contributed by atoms with Gasteiger partial charge in [0.05, 0.1) is 6.21 Å². The summed E-state index contributed by atoms with van der Waals surface area (Å²) in [6.07, 6.45) is 4.10. The van der Waals surface area contributed by atoms with Gasteiger partial charge in [-0.3, -0.25) is 0 Å². The third kappa shape index (κ3) is 12.4. The number of thioether (sulfide) groups is 1. The Morgan fingerprint density at radius 2 is 1.17 bits per heavy atom. The Balaban J connectivity index is -0.000000300. The van der Waals surface area contributed by atoms with Crippen molar-refractivity contribution in [1.82, 2.24) is 0 Å². The first kappa shape index (κ1) is 45.6. The van der Waals surface area contributed by atoms with Crippen LogP contribution in [0.1, 0.15) is 31.8 Å². The number of aliphatic imine (C=N–C) groups is 1. The van der Waals surface area contributed by atoms with Crippen molar-refractivity contribution in [1.29, 1.82) is 0 Å². The van der Waals surface area contributed by atoms with Gasteiger partial charge in [-0.25, -0.2) is 14.6 Å². The number of amidine groups is 1. The zero-order chi connectivity index (χ0) is 20.7. The maximum absolute atomic E-state index is 11.0. The van der Waals surface area contributed by atoms with Crippen molar-refractivity contribution in [2.75, 3.05) is 6.26 Å². The number of carboxylic acid groups (broad SMARTS) is 2. The number of hydrogen-bond donors (Lipinski definition) is 4. The number of para-hydroxylation sites is 2. The average Bonchev–Trinajstić information content (AvgIpc) is 2.66. The number of aromatic carboxylic acids is 2. The maximum atomic E-state index is 11.0. The topological polar surface area (TPSA) is 310 Å². The van der Waals surface area contributed by atoms with Crippen LogP contribution in [0.15, 0.2) is 51.6 Å². The van der Waals surface area contributed by atoms with Gasteiger partial charge < -0.3 is 47.8 Å². The fourth-order valence-corrected chi connectivity index (χ4v) is 2.35. The summed E-state index contributed by atoms with van der Waals surface area (Å²) in [5.74, 6) is -3.38. The molecule has 0 amide bonds. The molecule has 0 aliphatic rings. The first-order chi connectivity index (χ1) is 13.3. The number of phenols is 2. The summed E-state index contributed by atoms with van der Waals surface area (Å²) in [7, 11) is 0. The van der Waals surface area contributed by atoms with Gasteiger partial charge in [-0.2, -0.15) is 5.10 Å². The molecule has 2 aromatic carbocycles. The van der Waals surface area contributed by atoms with Gasteiger partial charge in [-0.05, 0) is 30.5 Å². The van der Waals surface area contributed by atoms with Crippen LogP contribution in [0, 0.1) is 0 Å². The van der Waals surface area contributed by atoms with Crippen molar-refractivity contribution in [3.63, 3.8) is 0 Å². The number of aromatic hydroxyl groups is 2. The molecule has 2 aromatic rings. The summed E-state index contributed by atoms with van der Waals surface area (Å²) in [6.45, 7) is 0. The molecule has 2 rings (SSSR count). The van der Waals surface area contributed by atoms with Crippen LogP contribution in [0.3, 0.4) is 0 Å². The molecular weight excluding hydrogens is 593 g/mol. The van der Waals surface area contributed by atoms with E-state index in [0.717, 1.165) is 11.8 Å². The van der Waals surface area contributed by atoms with Gasteiger partial charge >= 0.3 is 11.9 Å². The fourth-order valence-electron chi connectivity index (χ4n) is 2.06. The smallest absolute Gasteiger partial charge is 0.339 e. The van der Waals surface area contributed by atoms with Crippen LogP contribution in [0.5, 0.6) is 11.5 Å². The van der Waals surface area contributed by atoms with E-state index in [1.165, 1.54) is 48.8 Å². The van der Waals surface area contributed by atoms with Gasteiger partial charge in [0.2, 0.25) is 5.17 Å².